The Hall–Kier alpha value is -1.43. The summed E-state index contributed by atoms with van der Waals surface area (Å²) in [5, 5.41) is 9.99. The molecule has 2 aromatic rings. The van der Waals surface area contributed by atoms with Gasteiger partial charge in [0.2, 0.25) is 0 Å². The largest absolute Gasteiger partial charge is 0.384 e. The van der Waals surface area contributed by atoms with E-state index in [0.29, 0.717) is 0 Å². The Morgan fingerprint density at radius 3 is 1.38 bits per heavy atom. The van der Waals surface area contributed by atoms with Crippen LogP contribution in [0.3, 0.4) is 0 Å². The molecule has 0 aliphatic carbocycles. The highest BCUT2D eigenvalue weighted by atomic mass is 35.5. The number of likely N-dealkylation sites (N-methyl/N-ethyl adjacent to an activating group) is 2. The maximum Gasteiger partial charge on any atom is 0.104 e. The van der Waals surface area contributed by atoms with Gasteiger partial charge in [0.1, 0.15) is 6.10 Å². The Bertz CT molecular complexity index is 501. The molecule has 2 aromatic carbocycles. The van der Waals surface area contributed by atoms with Gasteiger partial charge in [-0.3, -0.25) is 0 Å². The normalized spacial score (nSPS) is 10.5. The third-order valence-corrected chi connectivity index (χ3v) is 3.60. The van der Waals surface area contributed by atoms with Gasteiger partial charge >= 0.3 is 0 Å². The molecule has 0 unspecified atom stereocenters. The summed E-state index contributed by atoms with van der Waals surface area (Å²) in [6.45, 7) is 3.68. The van der Waals surface area contributed by atoms with Gasteiger partial charge in [-0.2, -0.15) is 0 Å². The van der Waals surface area contributed by atoms with Crippen molar-refractivity contribution in [1.82, 2.24) is 9.80 Å². The van der Waals surface area contributed by atoms with E-state index in [4.69, 9.17) is 4.74 Å². The molecule has 0 saturated carbocycles. The molecule has 0 bridgehead atoms. The molecule has 0 radical (unpaired) electrons. The van der Waals surface area contributed by atoms with E-state index in [1.807, 2.05) is 60.7 Å². The number of aliphatic hydroxyl groups is 1. The van der Waals surface area contributed by atoms with Gasteiger partial charge in [0.05, 0.1) is 13.2 Å². The predicted octanol–water partition coefficient (Wildman–Crippen LogP) is 3.32. The number of ether oxygens (including phenoxy) is 1. The molecule has 0 aromatic heterocycles. The molecule has 0 aliphatic rings. The fourth-order valence-corrected chi connectivity index (χ4v) is 2.06. The van der Waals surface area contributed by atoms with Gasteiger partial charge < -0.3 is 19.6 Å². The monoisotopic (exact) mass is 380 g/mol. The summed E-state index contributed by atoms with van der Waals surface area (Å²) in [5.74, 6) is 0. The summed E-state index contributed by atoms with van der Waals surface area (Å²) < 4.78 is 5.37. The minimum Gasteiger partial charge on any atom is -0.384 e. The number of hydrogen-bond donors (Lipinski definition) is 1. The van der Waals surface area contributed by atoms with Crippen molar-refractivity contribution in [1.29, 1.82) is 0 Å². The van der Waals surface area contributed by atoms with Crippen LogP contribution >= 0.6 is 12.4 Å². The van der Waals surface area contributed by atoms with Crippen LogP contribution in [0.15, 0.2) is 60.7 Å². The fraction of sp³-hybridized carbons (Fsp3) is 0.429. The lowest BCUT2D eigenvalue weighted by atomic mass is 10.0. The summed E-state index contributed by atoms with van der Waals surface area (Å²) in [4.78, 5) is 4.24. The van der Waals surface area contributed by atoms with E-state index >= 15 is 0 Å². The van der Waals surface area contributed by atoms with E-state index in [0.717, 1.165) is 37.4 Å². The first-order chi connectivity index (χ1) is 12.0. The Kier molecular flexibility index (Phi) is 13.9. The minimum atomic E-state index is -0.516. The van der Waals surface area contributed by atoms with Crippen molar-refractivity contribution < 1.29 is 9.84 Å². The Labute approximate surface area is 164 Å². The highest BCUT2D eigenvalue weighted by Crippen LogP contribution is 2.20. The molecule has 146 valence electrons. The van der Waals surface area contributed by atoms with Crippen LogP contribution in [-0.2, 0) is 4.74 Å². The number of benzene rings is 2. The molecule has 0 heterocycles. The summed E-state index contributed by atoms with van der Waals surface area (Å²) >= 11 is 0. The van der Waals surface area contributed by atoms with Crippen LogP contribution in [0.4, 0.5) is 0 Å². The number of nitrogens with zero attached hydrogens (tertiary/aromatic N) is 2. The molecule has 2 rings (SSSR count). The lowest BCUT2D eigenvalue weighted by Gasteiger charge is -2.12. The molecule has 0 spiro atoms. The summed E-state index contributed by atoms with van der Waals surface area (Å²) in [5.41, 5.74) is 1.86. The lowest BCUT2D eigenvalue weighted by molar-refractivity contribution is 0.104. The average Bonchev–Trinajstić information content (AvgIpc) is 2.62. The molecule has 0 aliphatic heterocycles. The van der Waals surface area contributed by atoms with E-state index < -0.39 is 6.10 Å². The van der Waals surface area contributed by atoms with Crippen molar-refractivity contribution >= 4 is 12.4 Å². The second-order valence-electron chi connectivity index (χ2n) is 6.44. The zero-order valence-corrected chi connectivity index (χ0v) is 17.2. The predicted molar refractivity (Wildman–Crippen MR) is 112 cm³/mol. The highest BCUT2D eigenvalue weighted by molar-refractivity contribution is 5.85. The Balaban J connectivity index is 0.000000479. The highest BCUT2D eigenvalue weighted by Gasteiger charge is 2.07. The fourth-order valence-electron chi connectivity index (χ4n) is 2.06. The first kappa shape index (κ1) is 24.6. The molecule has 0 saturated heterocycles. The zero-order chi connectivity index (χ0) is 18.5. The van der Waals surface area contributed by atoms with E-state index in [1.165, 1.54) is 0 Å². The van der Waals surface area contributed by atoms with Gasteiger partial charge in [-0.05, 0) is 39.3 Å². The Morgan fingerprint density at radius 2 is 1.08 bits per heavy atom. The van der Waals surface area contributed by atoms with Crippen molar-refractivity contribution in [2.75, 3.05) is 54.5 Å². The van der Waals surface area contributed by atoms with Crippen LogP contribution in [0.25, 0.3) is 0 Å². The zero-order valence-electron chi connectivity index (χ0n) is 16.3. The van der Waals surface area contributed by atoms with Crippen LogP contribution in [0, 0.1) is 0 Å². The van der Waals surface area contributed by atoms with Crippen LogP contribution in [0.5, 0.6) is 0 Å². The molecule has 0 fully saturated rings. The lowest BCUT2D eigenvalue weighted by Crippen LogP contribution is -2.22. The van der Waals surface area contributed by atoms with Crippen LogP contribution in [0.2, 0.25) is 0 Å². The summed E-state index contributed by atoms with van der Waals surface area (Å²) in [6.07, 6.45) is -0.516. The standard InChI is InChI=1S/C13H12O.C8H20N2O.ClH/c14-13(11-7-3-1-4-8-11)12-9-5-2-6-10-12;1-9(2)5-7-11-8-6-10(3)4;/h1-10,13-14H;5-8H2,1-4H3;1H. The first-order valence-electron chi connectivity index (χ1n) is 8.66. The summed E-state index contributed by atoms with van der Waals surface area (Å²) in [6, 6.07) is 19.3. The van der Waals surface area contributed by atoms with Crippen molar-refractivity contribution in [3.8, 4) is 0 Å². The van der Waals surface area contributed by atoms with Crippen LogP contribution in [0.1, 0.15) is 17.2 Å². The van der Waals surface area contributed by atoms with E-state index in [2.05, 4.69) is 38.0 Å². The molecule has 0 atom stereocenters. The second-order valence-corrected chi connectivity index (χ2v) is 6.44. The topological polar surface area (TPSA) is 35.9 Å². The van der Waals surface area contributed by atoms with E-state index in [-0.39, 0.29) is 12.4 Å². The van der Waals surface area contributed by atoms with Gasteiger partial charge in [-0.1, -0.05) is 60.7 Å². The van der Waals surface area contributed by atoms with Crippen molar-refractivity contribution in [3.05, 3.63) is 71.8 Å². The van der Waals surface area contributed by atoms with Gasteiger partial charge in [0, 0.05) is 13.1 Å². The van der Waals surface area contributed by atoms with Crippen LogP contribution in [-0.4, -0.2) is 69.4 Å². The number of rotatable bonds is 8. The molecular weight excluding hydrogens is 348 g/mol. The number of aliphatic hydroxyl groups excluding tert-OH is 1. The smallest absolute Gasteiger partial charge is 0.104 e. The molecule has 5 heteroatoms. The second kappa shape index (κ2) is 14.7. The molecule has 4 nitrogen and oxygen atoms in total. The minimum absolute atomic E-state index is 0. The maximum absolute atomic E-state index is 9.99. The Morgan fingerprint density at radius 1 is 0.731 bits per heavy atom. The SMILES string of the molecule is CN(C)CCOCCN(C)C.Cl.OC(c1ccccc1)c1ccccc1. The van der Waals surface area contributed by atoms with Gasteiger partial charge in [0.15, 0.2) is 0 Å². The van der Waals surface area contributed by atoms with E-state index in [9.17, 15) is 5.11 Å². The van der Waals surface area contributed by atoms with Crippen molar-refractivity contribution in [2.24, 2.45) is 0 Å². The number of halogens is 1. The van der Waals surface area contributed by atoms with Gasteiger partial charge in [-0.25, -0.2) is 0 Å². The first-order valence-corrected chi connectivity index (χ1v) is 8.66. The van der Waals surface area contributed by atoms with Crippen LogP contribution < -0.4 is 0 Å². The third kappa shape index (κ3) is 11.2. The summed E-state index contributed by atoms with van der Waals surface area (Å²) in [7, 11) is 8.20. The third-order valence-electron chi connectivity index (χ3n) is 3.60. The van der Waals surface area contributed by atoms with Gasteiger partial charge in [0.25, 0.3) is 0 Å². The molecule has 26 heavy (non-hydrogen) atoms. The quantitative estimate of drug-likeness (QED) is 0.713. The maximum atomic E-state index is 9.99. The van der Waals surface area contributed by atoms with Gasteiger partial charge in [-0.15, -0.1) is 12.4 Å². The number of hydrogen-bond acceptors (Lipinski definition) is 4. The van der Waals surface area contributed by atoms with Crippen molar-refractivity contribution in [2.45, 2.75) is 6.10 Å². The van der Waals surface area contributed by atoms with E-state index in [1.54, 1.807) is 0 Å². The molecule has 1 N–H and O–H groups in total. The van der Waals surface area contributed by atoms with Crippen molar-refractivity contribution in [3.63, 3.8) is 0 Å². The average molecular weight is 381 g/mol. The molecule has 0 amide bonds. The molecular formula is C21H33ClN2O2.